The first-order chi connectivity index (χ1) is 15.5. The molecule has 1 unspecified atom stereocenters. The van der Waals surface area contributed by atoms with E-state index < -0.39 is 0 Å². The molecule has 1 saturated heterocycles. The van der Waals surface area contributed by atoms with E-state index in [1.807, 2.05) is 17.9 Å². The van der Waals surface area contributed by atoms with Crippen LogP contribution in [0.5, 0.6) is 0 Å². The number of nitrogens with two attached hydrogens (primary N) is 1. The third-order valence-electron chi connectivity index (χ3n) is 5.67. The average Bonchev–Trinajstić information content (AvgIpc) is 3.24. The van der Waals surface area contributed by atoms with E-state index in [4.69, 9.17) is 5.73 Å². The van der Waals surface area contributed by atoms with E-state index in [-0.39, 0.29) is 23.5 Å². The standard InChI is InChI=1S/C23H25FN6O2/c1-2-20-19(13-27-30(20)18-8-5-16(24)6-9-18)23(32)28-17-7-10-21(26-12-17)29-11-3-4-15(14-29)22(25)31/h5-10,12-13,15H,2-4,11,14H2,1H3,(H2,25,31)(H,28,32). The Morgan fingerprint density at radius 1 is 1.19 bits per heavy atom. The van der Waals surface area contributed by atoms with Crippen molar-refractivity contribution >= 4 is 23.3 Å². The zero-order valence-corrected chi connectivity index (χ0v) is 17.8. The Morgan fingerprint density at radius 2 is 1.97 bits per heavy atom. The number of primary amides is 1. The van der Waals surface area contributed by atoms with Crippen molar-refractivity contribution in [2.24, 2.45) is 11.7 Å². The van der Waals surface area contributed by atoms with Crippen molar-refractivity contribution in [1.29, 1.82) is 0 Å². The molecule has 3 N–H and O–H groups in total. The Kier molecular flexibility index (Phi) is 6.16. The second kappa shape index (κ2) is 9.17. The molecule has 166 valence electrons. The summed E-state index contributed by atoms with van der Waals surface area (Å²) in [5, 5.41) is 7.18. The molecule has 0 saturated carbocycles. The van der Waals surface area contributed by atoms with Gasteiger partial charge in [-0.25, -0.2) is 14.1 Å². The molecule has 1 aliphatic heterocycles. The predicted octanol–water partition coefficient (Wildman–Crippen LogP) is 2.92. The summed E-state index contributed by atoms with van der Waals surface area (Å²) in [6.07, 6.45) is 5.36. The van der Waals surface area contributed by atoms with Crippen molar-refractivity contribution in [3.8, 4) is 5.69 Å². The number of amides is 2. The van der Waals surface area contributed by atoms with Gasteiger partial charge in [-0.3, -0.25) is 9.59 Å². The number of halogens is 1. The van der Waals surface area contributed by atoms with E-state index in [0.29, 0.717) is 29.9 Å². The minimum atomic E-state index is -0.331. The van der Waals surface area contributed by atoms with Crippen molar-refractivity contribution in [2.75, 3.05) is 23.3 Å². The van der Waals surface area contributed by atoms with Crippen LogP contribution < -0.4 is 16.0 Å². The summed E-state index contributed by atoms with van der Waals surface area (Å²) >= 11 is 0. The molecule has 2 amide bonds. The van der Waals surface area contributed by atoms with Crippen molar-refractivity contribution in [3.05, 3.63) is 65.9 Å². The number of rotatable bonds is 6. The van der Waals surface area contributed by atoms with Crippen LogP contribution >= 0.6 is 0 Å². The van der Waals surface area contributed by atoms with Gasteiger partial charge in [0.1, 0.15) is 11.6 Å². The summed E-state index contributed by atoms with van der Waals surface area (Å²) in [5.41, 5.74) is 7.86. The fourth-order valence-corrected chi connectivity index (χ4v) is 3.97. The summed E-state index contributed by atoms with van der Waals surface area (Å²) in [7, 11) is 0. The summed E-state index contributed by atoms with van der Waals surface area (Å²) in [6, 6.07) is 9.56. The van der Waals surface area contributed by atoms with E-state index in [0.717, 1.165) is 30.9 Å². The highest BCUT2D eigenvalue weighted by Crippen LogP contribution is 2.23. The number of nitrogens with zero attached hydrogens (tertiary/aromatic N) is 4. The fourth-order valence-electron chi connectivity index (χ4n) is 3.97. The molecule has 0 spiro atoms. The number of aromatic nitrogens is 3. The Morgan fingerprint density at radius 3 is 2.62 bits per heavy atom. The van der Waals surface area contributed by atoms with Gasteiger partial charge < -0.3 is 16.0 Å². The molecule has 1 aliphatic rings. The van der Waals surface area contributed by atoms with Gasteiger partial charge in [-0.05, 0) is 55.7 Å². The van der Waals surface area contributed by atoms with Gasteiger partial charge in [0.25, 0.3) is 5.91 Å². The molecule has 1 aromatic carbocycles. The lowest BCUT2D eigenvalue weighted by Crippen LogP contribution is -2.41. The molecule has 8 nitrogen and oxygen atoms in total. The van der Waals surface area contributed by atoms with Gasteiger partial charge >= 0.3 is 0 Å². The zero-order valence-electron chi connectivity index (χ0n) is 17.8. The molecular formula is C23H25FN6O2. The Hall–Kier alpha value is -3.75. The van der Waals surface area contributed by atoms with Gasteiger partial charge in [-0.1, -0.05) is 6.92 Å². The van der Waals surface area contributed by atoms with Crippen LogP contribution in [0.1, 0.15) is 35.8 Å². The van der Waals surface area contributed by atoms with Gasteiger partial charge in [0.2, 0.25) is 5.91 Å². The average molecular weight is 436 g/mol. The van der Waals surface area contributed by atoms with E-state index in [2.05, 4.69) is 15.4 Å². The number of pyridine rings is 1. The van der Waals surface area contributed by atoms with Crippen molar-refractivity contribution in [1.82, 2.24) is 14.8 Å². The topological polar surface area (TPSA) is 106 Å². The number of hydrogen-bond acceptors (Lipinski definition) is 5. The molecule has 1 fully saturated rings. The number of hydrogen-bond donors (Lipinski definition) is 2. The molecule has 4 rings (SSSR count). The maximum atomic E-state index is 13.2. The van der Waals surface area contributed by atoms with Crippen LogP contribution in [-0.2, 0) is 11.2 Å². The molecule has 3 aromatic rings. The van der Waals surface area contributed by atoms with Gasteiger partial charge in [0.15, 0.2) is 0 Å². The lowest BCUT2D eigenvalue weighted by atomic mass is 9.97. The van der Waals surface area contributed by atoms with Crippen LogP contribution in [0.3, 0.4) is 0 Å². The number of carbonyl (C=O) groups is 2. The number of piperidine rings is 1. The normalized spacial score (nSPS) is 16.1. The van der Waals surface area contributed by atoms with Crippen LogP contribution in [0.2, 0.25) is 0 Å². The first kappa shape index (κ1) is 21.5. The Balaban J connectivity index is 1.47. The van der Waals surface area contributed by atoms with Crippen LogP contribution in [0.25, 0.3) is 5.69 Å². The quantitative estimate of drug-likeness (QED) is 0.618. The molecule has 32 heavy (non-hydrogen) atoms. The number of carbonyl (C=O) groups excluding carboxylic acids is 2. The van der Waals surface area contributed by atoms with Crippen molar-refractivity contribution in [3.63, 3.8) is 0 Å². The molecule has 3 heterocycles. The minimum absolute atomic E-state index is 0.171. The molecule has 0 bridgehead atoms. The van der Waals surface area contributed by atoms with E-state index in [9.17, 15) is 14.0 Å². The second-order valence-electron chi connectivity index (χ2n) is 7.79. The maximum absolute atomic E-state index is 13.2. The number of nitrogens with one attached hydrogen (secondary N) is 1. The van der Waals surface area contributed by atoms with E-state index in [1.54, 1.807) is 29.1 Å². The first-order valence-corrected chi connectivity index (χ1v) is 10.6. The van der Waals surface area contributed by atoms with Crippen molar-refractivity contribution < 1.29 is 14.0 Å². The van der Waals surface area contributed by atoms with Crippen LogP contribution in [0, 0.1) is 11.7 Å². The van der Waals surface area contributed by atoms with Gasteiger partial charge in [-0.2, -0.15) is 5.10 Å². The fraction of sp³-hybridized carbons (Fsp3) is 0.304. The SMILES string of the molecule is CCc1c(C(=O)Nc2ccc(N3CCCC(C(N)=O)C3)nc2)cnn1-c1ccc(F)cc1. The highest BCUT2D eigenvalue weighted by atomic mass is 19.1. The first-order valence-electron chi connectivity index (χ1n) is 10.6. The molecular weight excluding hydrogens is 411 g/mol. The Bertz CT molecular complexity index is 1110. The van der Waals surface area contributed by atoms with Gasteiger partial charge in [0.05, 0.1) is 40.9 Å². The lowest BCUT2D eigenvalue weighted by molar-refractivity contribution is -0.122. The Labute approximate surface area is 185 Å². The summed E-state index contributed by atoms with van der Waals surface area (Å²) in [5.74, 6) is -0.340. The second-order valence-corrected chi connectivity index (χ2v) is 7.79. The summed E-state index contributed by atoms with van der Waals surface area (Å²) < 4.78 is 14.9. The maximum Gasteiger partial charge on any atom is 0.259 e. The molecule has 0 radical (unpaired) electrons. The largest absolute Gasteiger partial charge is 0.369 e. The summed E-state index contributed by atoms with van der Waals surface area (Å²) in [4.78, 5) is 30.9. The van der Waals surface area contributed by atoms with E-state index >= 15 is 0 Å². The van der Waals surface area contributed by atoms with Crippen LogP contribution in [0.4, 0.5) is 15.9 Å². The van der Waals surface area contributed by atoms with Gasteiger partial charge in [-0.15, -0.1) is 0 Å². The van der Waals surface area contributed by atoms with Crippen LogP contribution in [-0.4, -0.2) is 39.7 Å². The molecule has 0 aliphatic carbocycles. The highest BCUT2D eigenvalue weighted by Gasteiger charge is 2.25. The predicted molar refractivity (Wildman–Crippen MR) is 119 cm³/mol. The minimum Gasteiger partial charge on any atom is -0.369 e. The monoisotopic (exact) mass is 436 g/mol. The van der Waals surface area contributed by atoms with E-state index in [1.165, 1.54) is 18.3 Å². The molecule has 2 aromatic heterocycles. The summed E-state index contributed by atoms with van der Waals surface area (Å²) in [6.45, 7) is 3.30. The third kappa shape index (κ3) is 4.46. The molecule has 1 atom stereocenters. The number of anilines is 2. The highest BCUT2D eigenvalue weighted by molar-refractivity contribution is 6.05. The lowest BCUT2D eigenvalue weighted by Gasteiger charge is -2.32. The molecule has 9 heteroatoms. The smallest absolute Gasteiger partial charge is 0.259 e. The van der Waals surface area contributed by atoms with Crippen molar-refractivity contribution in [2.45, 2.75) is 26.2 Å². The third-order valence-corrected chi connectivity index (χ3v) is 5.67. The number of benzene rings is 1. The van der Waals surface area contributed by atoms with Gasteiger partial charge in [0, 0.05) is 13.1 Å². The van der Waals surface area contributed by atoms with Crippen LogP contribution in [0.15, 0.2) is 48.8 Å². The zero-order chi connectivity index (χ0) is 22.7.